The minimum absolute atomic E-state index is 0.549. The molecule has 1 atom stereocenters. The van der Waals surface area contributed by atoms with Crippen molar-refractivity contribution >= 4 is 22.7 Å². The van der Waals surface area contributed by atoms with Crippen LogP contribution in [0.25, 0.3) is 0 Å². The van der Waals surface area contributed by atoms with Gasteiger partial charge >= 0.3 is 42.4 Å². The molecule has 0 bridgehead atoms. The van der Waals surface area contributed by atoms with Crippen molar-refractivity contribution in [3.05, 3.63) is 0 Å². The molecule has 0 aliphatic heterocycles. The van der Waals surface area contributed by atoms with E-state index < -0.39 is 6.54 Å². The summed E-state index contributed by atoms with van der Waals surface area (Å²) in [6.45, 7) is 6.51. The predicted octanol–water partition coefficient (Wildman–Crippen LogP) is 0.454. The van der Waals surface area contributed by atoms with E-state index in [2.05, 4.69) is 19.6 Å². The molecular weight excluding hydrogens is 139 g/mol. The summed E-state index contributed by atoms with van der Waals surface area (Å²) >= 11 is 1.93. The van der Waals surface area contributed by atoms with Gasteiger partial charge in [-0.1, -0.05) is 0 Å². The molecule has 0 nitrogen and oxygen atoms in total. The molecule has 0 saturated heterocycles. The summed E-state index contributed by atoms with van der Waals surface area (Å²) in [4.78, 5) is 0. The van der Waals surface area contributed by atoms with Crippen LogP contribution in [0.1, 0.15) is 0 Å². The molecule has 0 N–H and O–H groups in total. The van der Waals surface area contributed by atoms with Gasteiger partial charge in [0.25, 0.3) is 0 Å². The van der Waals surface area contributed by atoms with E-state index in [1.165, 1.54) is 0 Å². The summed E-state index contributed by atoms with van der Waals surface area (Å²) in [5.41, 5.74) is 0. The Balaban J connectivity index is 3.02. The van der Waals surface area contributed by atoms with Crippen molar-refractivity contribution in [2.75, 3.05) is 0 Å². The van der Waals surface area contributed by atoms with Crippen LogP contribution in [-0.2, 0) is 0 Å². The molecule has 0 spiro atoms. The van der Waals surface area contributed by atoms with E-state index in [0.29, 0.717) is 0 Å². The zero-order valence-corrected chi connectivity index (χ0v) is 7.50. The van der Waals surface area contributed by atoms with Gasteiger partial charge in [0.1, 0.15) is 0 Å². The van der Waals surface area contributed by atoms with Crippen LogP contribution >= 0.6 is 0 Å². The topological polar surface area (TPSA) is 0 Å². The molecule has 0 aromatic heterocycles. The summed E-state index contributed by atoms with van der Waals surface area (Å²) in [5.74, 6) is 0. The van der Waals surface area contributed by atoms with E-state index in [9.17, 15) is 0 Å². The number of hydrogen-bond donors (Lipinski definition) is 0. The summed E-state index contributed by atoms with van der Waals surface area (Å²) in [5, 5.41) is 0. The van der Waals surface area contributed by atoms with Crippen molar-refractivity contribution < 1.29 is 0 Å². The van der Waals surface area contributed by atoms with Crippen LogP contribution in [0, 0.1) is 0 Å². The molecule has 0 aliphatic rings. The molecule has 1 unspecified atom stereocenters. The van der Waals surface area contributed by atoms with E-state index in [-0.39, 0.29) is 0 Å². The van der Waals surface area contributed by atoms with Crippen LogP contribution in [0.5, 0.6) is 0 Å². The third kappa shape index (κ3) is 61.2. The molecule has 0 heterocycles. The summed E-state index contributed by atoms with van der Waals surface area (Å²) < 4.78 is 0. The normalized spacial score (nSPS) is 12.0. The molecule has 0 fully saturated rings. The summed E-state index contributed by atoms with van der Waals surface area (Å²) in [6, 6.07) is 0. The Morgan fingerprint density at radius 3 is 1.20 bits per heavy atom. The first kappa shape index (κ1) is 5.78. The Bertz CT molecular complexity index is 22.4. The Hall–Kier alpha value is 0.775. The third-order valence-corrected chi connectivity index (χ3v) is 0. The molecule has 0 aromatic rings. The van der Waals surface area contributed by atoms with Crippen LogP contribution in [0.2, 0.25) is 19.6 Å². The molecule has 0 amide bonds. The monoisotopic (exact) mass is 150 g/mol. The predicted molar refractivity (Wildman–Crippen MR) is 31.9 cm³/mol. The van der Waals surface area contributed by atoms with Crippen LogP contribution in [0.15, 0.2) is 0 Å². The van der Waals surface area contributed by atoms with Gasteiger partial charge in [-0.3, -0.25) is 0 Å². The van der Waals surface area contributed by atoms with Gasteiger partial charge in [0.15, 0.2) is 0 Å². The van der Waals surface area contributed by atoms with Crippen molar-refractivity contribution in [1.82, 2.24) is 0 Å². The van der Waals surface area contributed by atoms with Crippen LogP contribution in [-0.4, -0.2) is 22.7 Å². The van der Waals surface area contributed by atoms with Crippen LogP contribution in [0.3, 0.4) is 0 Å². The second-order valence-electron chi connectivity index (χ2n) is 2.37. The maximum absolute atomic E-state index is 2.35. The van der Waals surface area contributed by atoms with Gasteiger partial charge in [-0.15, -0.1) is 0 Å². The summed E-state index contributed by atoms with van der Waals surface area (Å²) in [7, 11) is 0. The SMILES string of the molecule is C[Si](C)(C)[AsH2]. The van der Waals surface area contributed by atoms with Crippen molar-refractivity contribution in [3.8, 4) is 0 Å². The molecule has 2 heteroatoms. The van der Waals surface area contributed by atoms with Crippen LogP contribution in [0.4, 0.5) is 0 Å². The first-order valence-corrected chi connectivity index (χ1v) is 9.00. The van der Waals surface area contributed by atoms with Gasteiger partial charge in [-0.25, -0.2) is 0 Å². The second-order valence-corrected chi connectivity index (χ2v) is 18.0. The fourth-order valence-electron chi connectivity index (χ4n) is 0. The van der Waals surface area contributed by atoms with Gasteiger partial charge < -0.3 is 0 Å². The fourth-order valence-corrected chi connectivity index (χ4v) is 0. The molecule has 0 saturated carbocycles. The van der Waals surface area contributed by atoms with Gasteiger partial charge in [0.05, 0.1) is 0 Å². The Labute approximate surface area is 42.9 Å². The Morgan fingerprint density at radius 1 is 1.20 bits per heavy atom. The van der Waals surface area contributed by atoms with Gasteiger partial charge in [-0.2, -0.15) is 0 Å². The van der Waals surface area contributed by atoms with Crippen LogP contribution < -0.4 is 0 Å². The zero-order chi connectivity index (χ0) is 4.50. The van der Waals surface area contributed by atoms with Gasteiger partial charge in [0.2, 0.25) is 0 Å². The standard InChI is InChI=1S/C3H11AsSi/c1-5(2,3)4/h4H2,1-3H3. The van der Waals surface area contributed by atoms with E-state index in [4.69, 9.17) is 0 Å². The Morgan fingerprint density at radius 2 is 1.20 bits per heavy atom. The van der Waals surface area contributed by atoms with Crippen molar-refractivity contribution in [2.45, 2.75) is 19.6 Å². The first-order chi connectivity index (χ1) is 2.00. The second kappa shape index (κ2) is 1.48. The average Bonchev–Trinajstić information content (AvgIpc) is 0.722. The molecule has 0 aliphatic carbocycles. The van der Waals surface area contributed by atoms with Gasteiger partial charge in [0, 0.05) is 0 Å². The van der Waals surface area contributed by atoms with Crippen molar-refractivity contribution in [3.63, 3.8) is 0 Å². The third-order valence-electron chi connectivity index (χ3n) is 0. The molecule has 0 aromatic carbocycles. The van der Waals surface area contributed by atoms with E-state index in [0.717, 1.165) is 0 Å². The fraction of sp³-hybridized carbons (Fsp3) is 1.00. The quantitative estimate of drug-likeness (QED) is 0.440. The minimum atomic E-state index is -0.549. The first-order valence-electron chi connectivity index (χ1n) is 1.79. The summed E-state index contributed by atoms with van der Waals surface area (Å²) in [6.07, 6.45) is 0. The molecular formula is C3H11AsSi. The van der Waals surface area contributed by atoms with Gasteiger partial charge in [-0.05, 0) is 0 Å². The number of rotatable bonds is 0. The number of hydrogen-bond acceptors (Lipinski definition) is 0. The Kier molecular flexibility index (Phi) is 1.71. The van der Waals surface area contributed by atoms with Crippen molar-refractivity contribution in [2.24, 2.45) is 0 Å². The molecule has 5 heavy (non-hydrogen) atoms. The van der Waals surface area contributed by atoms with E-state index in [1.54, 1.807) is 0 Å². The van der Waals surface area contributed by atoms with Crippen molar-refractivity contribution in [1.29, 1.82) is 0 Å². The van der Waals surface area contributed by atoms with E-state index in [1.807, 2.05) is 16.2 Å². The molecule has 32 valence electrons. The maximum atomic E-state index is 2.35. The average molecular weight is 150 g/mol. The van der Waals surface area contributed by atoms with E-state index >= 15 is 0 Å². The zero-order valence-electron chi connectivity index (χ0n) is 4.08. The molecule has 0 rings (SSSR count). The molecule has 0 radical (unpaired) electrons.